The molecule has 0 unspecified atom stereocenters. The van der Waals surface area contributed by atoms with Crippen LogP contribution in [0.25, 0.3) is 21.8 Å². The van der Waals surface area contributed by atoms with Gasteiger partial charge < -0.3 is 19.4 Å². The number of aromatic nitrogens is 3. The smallest absolute Gasteiger partial charge is 0.259 e. The van der Waals surface area contributed by atoms with Crippen molar-refractivity contribution in [3.05, 3.63) is 39.8 Å². The van der Waals surface area contributed by atoms with Crippen molar-refractivity contribution in [3.8, 4) is 0 Å². The van der Waals surface area contributed by atoms with Gasteiger partial charge in [-0.15, -0.1) is 0 Å². The lowest BCUT2D eigenvalue weighted by Crippen LogP contribution is -2.39. The summed E-state index contributed by atoms with van der Waals surface area (Å²) in [6.07, 6.45) is 8.23. The van der Waals surface area contributed by atoms with Crippen molar-refractivity contribution in [1.29, 1.82) is 0 Å². The van der Waals surface area contributed by atoms with Crippen molar-refractivity contribution in [2.75, 3.05) is 32.9 Å². The van der Waals surface area contributed by atoms with Crippen LogP contribution in [0.1, 0.15) is 60.5 Å². The van der Waals surface area contributed by atoms with Crippen LogP contribution in [0.15, 0.2) is 23.1 Å². The zero-order valence-electron chi connectivity index (χ0n) is 19.7. The molecule has 4 heterocycles. The van der Waals surface area contributed by atoms with Crippen molar-refractivity contribution in [2.24, 2.45) is 5.92 Å². The molecule has 0 bridgehead atoms. The standard InChI is InChI=1S/C26H32N4O4/c1-16-12-23-21(24-22(25(31)28-23)14-27-30(24)18-6-10-33-11-7-18)13-20(16)26(32)29-8-4-17(5-9-29)15-34-19-2-3-19/h12-14,17-19H,2-11,15H2,1H3,(H,28,31). The summed E-state index contributed by atoms with van der Waals surface area (Å²) in [5.41, 5.74) is 3.00. The molecule has 8 nitrogen and oxygen atoms in total. The second-order valence-electron chi connectivity index (χ2n) is 10.1. The number of aryl methyl sites for hydroxylation is 1. The number of fused-ring (bicyclic) bond motifs is 3. The van der Waals surface area contributed by atoms with E-state index in [2.05, 4.69) is 10.1 Å². The van der Waals surface area contributed by atoms with E-state index in [1.54, 1.807) is 6.20 Å². The summed E-state index contributed by atoms with van der Waals surface area (Å²) in [7, 11) is 0. The molecule has 0 radical (unpaired) electrons. The Balaban J connectivity index is 1.32. The highest BCUT2D eigenvalue weighted by atomic mass is 16.5. The Labute approximate surface area is 198 Å². The fraction of sp³-hybridized carbons (Fsp3) is 0.577. The molecule has 1 aromatic carbocycles. The van der Waals surface area contributed by atoms with E-state index < -0.39 is 0 Å². The molecule has 1 saturated carbocycles. The number of nitrogens with zero attached hydrogens (tertiary/aromatic N) is 3. The number of benzene rings is 1. The molecule has 3 aliphatic rings. The van der Waals surface area contributed by atoms with Gasteiger partial charge in [0.05, 0.1) is 34.8 Å². The van der Waals surface area contributed by atoms with Crippen LogP contribution >= 0.6 is 0 Å². The number of carbonyl (C=O) groups is 1. The molecule has 1 N–H and O–H groups in total. The minimum absolute atomic E-state index is 0.0671. The van der Waals surface area contributed by atoms with Gasteiger partial charge in [0.25, 0.3) is 11.5 Å². The largest absolute Gasteiger partial charge is 0.381 e. The maximum atomic E-state index is 13.6. The van der Waals surface area contributed by atoms with E-state index in [9.17, 15) is 9.59 Å². The van der Waals surface area contributed by atoms with E-state index in [1.807, 2.05) is 28.6 Å². The van der Waals surface area contributed by atoms with Gasteiger partial charge in [-0.1, -0.05) is 0 Å². The Morgan fingerprint density at radius 3 is 2.62 bits per heavy atom. The number of likely N-dealkylation sites (tertiary alicyclic amines) is 1. The molecule has 1 amide bonds. The molecule has 180 valence electrons. The van der Waals surface area contributed by atoms with Crippen molar-refractivity contribution >= 4 is 27.7 Å². The first kappa shape index (κ1) is 21.8. The minimum atomic E-state index is -0.144. The number of nitrogens with one attached hydrogen (secondary N) is 1. The van der Waals surface area contributed by atoms with Crippen molar-refractivity contribution in [1.82, 2.24) is 19.7 Å². The molecule has 8 heteroatoms. The lowest BCUT2D eigenvalue weighted by Gasteiger charge is -2.32. The van der Waals surface area contributed by atoms with Gasteiger partial charge in [0.1, 0.15) is 0 Å². The normalized spacial score (nSPS) is 20.4. The highest BCUT2D eigenvalue weighted by Gasteiger charge is 2.28. The Hall–Kier alpha value is -2.71. The summed E-state index contributed by atoms with van der Waals surface area (Å²) in [5, 5.41) is 6.04. The van der Waals surface area contributed by atoms with Gasteiger partial charge in [-0.3, -0.25) is 14.3 Å². The zero-order chi connectivity index (χ0) is 23.2. The van der Waals surface area contributed by atoms with Crippen molar-refractivity contribution < 1.29 is 14.3 Å². The molecule has 34 heavy (non-hydrogen) atoms. The lowest BCUT2D eigenvalue weighted by molar-refractivity contribution is 0.0474. The summed E-state index contributed by atoms with van der Waals surface area (Å²) in [6.45, 7) is 5.67. The monoisotopic (exact) mass is 464 g/mol. The molecule has 1 aliphatic carbocycles. The fourth-order valence-electron chi connectivity index (χ4n) is 5.41. The van der Waals surface area contributed by atoms with Crippen LogP contribution in [-0.4, -0.2) is 64.6 Å². The van der Waals surface area contributed by atoms with E-state index in [1.165, 1.54) is 12.8 Å². The molecule has 0 atom stereocenters. The first-order chi connectivity index (χ1) is 16.6. The van der Waals surface area contributed by atoms with Gasteiger partial charge in [0, 0.05) is 43.9 Å². The average molecular weight is 465 g/mol. The molecular formula is C26H32N4O4. The summed E-state index contributed by atoms with van der Waals surface area (Å²) in [6, 6.07) is 4.08. The van der Waals surface area contributed by atoms with E-state index in [0.717, 1.165) is 67.4 Å². The molecule has 6 rings (SSSR count). The number of carbonyl (C=O) groups excluding carboxylic acids is 1. The average Bonchev–Trinajstić information content (AvgIpc) is 3.58. The van der Waals surface area contributed by atoms with E-state index in [4.69, 9.17) is 9.47 Å². The van der Waals surface area contributed by atoms with Gasteiger partial charge >= 0.3 is 0 Å². The first-order valence-electron chi connectivity index (χ1n) is 12.6. The highest BCUT2D eigenvalue weighted by Crippen LogP contribution is 2.31. The number of pyridine rings is 1. The number of H-pyrrole nitrogens is 1. The molecule has 3 fully saturated rings. The molecule has 3 aromatic rings. The highest BCUT2D eigenvalue weighted by molar-refractivity contribution is 6.07. The van der Waals surface area contributed by atoms with E-state index in [-0.39, 0.29) is 17.5 Å². The fourth-order valence-corrected chi connectivity index (χ4v) is 5.41. The summed E-state index contributed by atoms with van der Waals surface area (Å²) >= 11 is 0. The van der Waals surface area contributed by atoms with E-state index in [0.29, 0.717) is 36.2 Å². The third-order valence-corrected chi connectivity index (χ3v) is 7.67. The number of hydrogen-bond acceptors (Lipinski definition) is 5. The van der Waals surface area contributed by atoms with Crippen LogP contribution in [0, 0.1) is 12.8 Å². The second kappa shape index (κ2) is 8.82. The van der Waals surface area contributed by atoms with Crippen LogP contribution in [0.5, 0.6) is 0 Å². The summed E-state index contributed by atoms with van der Waals surface area (Å²) < 4.78 is 13.4. The minimum Gasteiger partial charge on any atom is -0.381 e. The van der Waals surface area contributed by atoms with Crippen LogP contribution in [0.3, 0.4) is 0 Å². The Morgan fingerprint density at radius 1 is 1.12 bits per heavy atom. The molecule has 2 aromatic heterocycles. The number of amides is 1. The number of hydrogen-bond donors (Lipinski definition) is 1. The number of ether oxygens (including phenoxy) is 2. The number of rotatable bonds is 5. The molecule has 0 spiro atoms. The molecule has 2 aliphatic heterocycles. The van der Waals surface area contributed by atoms with Gasteiger partial charge in [-0.05, 0) is 69.1 Å². The molecule has 2 saturated heterocycles. The van der Waals surface area contributed by atoms with Gasteiger partial charge in [-0.25, -0.2) is 0 Å². The van der Waals surface area contributed by atoms with Crippen LogP contribution in [0.2, 0.25) is 0 Å². The summed E-state index contributed by atoms with van der Waals surface area (Å²) in [4.78, 5) is 31.3. The number of piperidine rings is 1. The predicted octanol–water partition coefficient (Wildman–Crippen LogP) is 3.57. The van der Waals surface area contributed by atoms with Crippen molar-refractivity contribution in [2.45, 2.75) is 57.6 Å². The van der Waals surface area contributed by atoms with Crippen molar-refractivity contribution in [3.63, 3.8) is 0 Å². The van der Waals surface area contributed by atoms with Gasteiger partial charge in [0.2, 0.25) is 0 Å². The topological polar surface area (TPSA) is 89.4 Å². The summed E-state index contributed by atoms with van der Waals surface area (Å²) in [5.74, 6) is 0.610. The first-order valence-corrected chi connectivity index (χ1v) is 12.6. The van der Waals surface area contributed by atoms with Crippen LogP contribution in [-0.2, 0) is 9.47 Å². The van der Waals surface area contributed by atoms with Crippen LogP contribution < -0.4 is 5.56 Å². The lowest BCUT2D eigenvalue weighted by atomic mass is 9.96. The van der Waals surface area contributed by atoms with Gasteiger partial charge in [-0.2, -0.15) is 5.10 Å². The maximum Gasteiger partial charge on any atom is 0.259 e. The van der Waals surface area contributed by atoms with Crippen LogP contribution in [0.4, 0.5) is 0 Å². The quantitative estimate of drug-likeness (QED) is 0.624. The zero-order valence-corrected chi connectivity index (χ0v) is 19.7. The maximum absolute atomic E-state index is 13.6. The Kier molecular flexibility index (Phi) is 5.65. The third-order valence-electron chi connectivity index (χ3n) is 7.67. The second-order valence-corrected chi connectivity index (χ2v) is 10.1. The number of aromatic amines is 1. The Morgan fingerprint density at radius 2 is 1.88 bits per heavy atom. The third kappa shape index (κ3) is 4.03. The van der Waals surface area contributed by atoms with Gasteiger partial charge in [0.15, 0.2) is 0 Å². The predicted molar refractivity (Wildman–Crippen MR) is 129 cm³/mol. The molecular weight excluding hydrogens is 432 g/mol. The SMILES string of the molecule is Cc1cc2[nH]c(=O)c3cnn(C4CCOCC4)c3c2cc1C(=O)N1CCC(COC2CC2)CC1. The Bertz CT molecular complexity index is 1280. The van der Waals surface area contributed by atoms with E-state index >= 15 is 0 Å².